The molecule has 5 rings (SSSR count). The second-order valence-corrected chi connectivity index (χ2v) is 13.4. The molecule has 0 radical (unpaired) electrons. The lowest BCUT2D eigenvalue weighted by Crippen LogP contribution is -2.56. The molecule has 3 heterocycles. The van der Waals surface area contributed by atoms with Crippen LogP contribution >= 0.6 is 0 Å². The topological polar surface area (TPSA) is 110 Å². The average Bonchev–Trinajstić information content (AvgIpc) is 3.46. The van der Waals surface area contributed by atoms with Crippen LogP contribution in [0.25, 0.3) is 0 Å². The highest BCUT2D eigenvalue weighted by molar-refractivity contribution is 7.90. The van der Waals surface area contributed by atoms with E-state index in [0.29, 0.717) is 44.4 Å². The summed E-state index contributed by atoms with van der Waals surface area (Å²) in [6.07, 6.45) is 2.61. The van der Waals surface area contributed by atoms with Crippen LogP contribution in [0.1, 0.15) is 79.1 Å². The van der Waals surface area contributed by atoms with Crippen LogP contribution in [0.5, 0.6) is 0 Å². The summed E-state index contributed by atoms with van der Waals surface area (Å²) in [4.78, 5) is 25.3. The van der Waals surface area contributed by atoms with Gasteiger partial charge >= 0.3 is 5.97 Å². The molecule has 3 aliphatic heterocycles. The number of rotatable bonds is 4. The summed E-state index contributed by atoms with van der Waals surface area (Å²) in [5.74, 6) is -0.663. The number of cyclic esters (lactones) is 1. The van der Waals surface area contributed by atoms with E-state index in [-0.39, 0.29) is 23.2 Å². The predicted octanol–water partition coefficient (Wildman–Crippen LogP) is 2.14. The summed E-state index contributed by atoms with van der Waals surface area (Å²) >= 11 is 0. The maximum atomic E-state index is 13.6. The van der Waals surface area contributed by atoms with Gasteiger partial charge in [-0.1, -0.05) is 20.8 Å². The molecule has 5 fully saturated rings. The molecule has 7 atom stereocenters. The van der Waals surface area contributed by atoms with Gasteiger partial charge < -0.3 is 14.6 Å². The third-order valence-electron chi connectivity index (χ3n) is 10.0. The van der Waals surface area contributed by atoms with Crippen molar-refractivity contribution in [3.63, 3.8) is 0 Å². The Balaban J connectivity index is 1.41. The SMILES string of the molecule is CC[C@]1([C@H](O)C(=O)N2C3C[C@@H]4CC[C@@]3(CS2(=O)=O)C4(C)C)CC[C@H]([C@]2(C)CCC(=O)O2)O1. The van der Waals surface area contributed by atoms with Crippen LogP contribution in [0.2, 0.25) is 0 Å². The van der Waals surface area contributed by atoms with Crippen LogP contribution in [-0.2, 0) is 29.1 Å². The first-order chi connectivity index (χ1) is 14.8. The fourth-order valence-corrected chi connectivity index (χ4v) is 10.3. The molecule has 9 heteroatoms. The van der Waals surface area contributed by atoms with Crippen molar-refractivity contribution in [2.24, 2.45) is 16.7 Å². The highest BCUT2D eigenvalue weighted by Crippen LogP contribution is 2.70. The number of aliphatic hydroxyl groups excluding tert-OH is 1. The standard InChI is InChI=1S/C23H35NO7S/c1-5-23(11-7-16(30-23)21(4)9-8-17(25)31-21)18(26)19(27)24-15-12-14-6-10-22(15,20(14,2)3)13-32(24,28)29/h14-16,18,26H,5-13H2,1-4H3/t14-,15?,16+,18+,21-,22-,23+/m0/s1. The van der Waals surface area contributed by atoms with Crippen LogP contribution in [-0.4, -0.2) is 64.9 Å². The van der Waals surface area contributed by atoms with Gasteiger partial charge in [-0.2, -0.15) is 0 Å². The molecule has 2 saturated carbocycles. The minimum Gasteiger partial charge on any atom is -0.457 e. The van der Waals surface area contributed by atoms with Gasteiger partial charge in [0.2, 0.25) is 10.0 Å². The van der Waals surface area contributed by atoms with Crippen LogP contribution in [0.15, 0.2) is 0 Å². The smallest absolute Gasteiger partial charge is 0.306 e. The van der Waals surface area contributed by atoms with Gasteiger partial charge in [0.1, 0.15) is 11.2 Å². The van der Waals surface area contributed by atoms with Crippen LogP contribution in [0.3, 0.4) is 0 Å². The van der Waals surface area contributed by atoms with Crippen molar-refractivity contribution in [2.75, 3.05) is 5.75 Å². The first-order valence-electron chi connectivity index (χ1n) is 12.0. The number of aliphatic hydroxyl groups is 1. The number of hydrogen-bond acceptors (Lipinski definition) is 7. The van der Waals surface area contributed by atoms with Gasteiger partial charge in [-0.3, -0.25) is 9.59 Å². The third kappa shape index (κ3) is 2.70. The first kappa shape index (κ1) is 22.6. The predicted molar refractivity (Wildman–Crippen MR) is 115 cm³/mol. The quantitative estimate of drug-likeness (QED) is 0.628. The average molecular weight is 470 g/mol. The van der Waals surface area contributed by atoms with Gasteiger partial charge in [-0.05, 0) is 63.2 Å². The van der Waals surface area contributed by atoms with E-state index >= 15 is 0 Å². The number of nitrogens with zero attached hydrogens (tertiary/aromatic N) is 1. The molecule has 8 nitrogen and oxygen atoms in total. The van der Waals surface area contributed by atoms with E-state index in [0.717, 1.165) is 17.1 Å². The Kier molecular flexibility index (Phi) is 4.72. The van der Waals surface area contributed by atoms with Crippen molar-refractivity contribution < 1.29 is 32.6 Å². The van der Waals surface area contributed by atoms with Crippen molar-refractivity contribution >= 4 is 21.9 Å². The van der Waals surface area contributed by atoms with Crippen LogP contribution in [0, 0.1) is 16.7 Å². The number of sulfonamides is 1. The van der Waals surface area contributed by atoms with E-state index in [1.807, 2.05) is 13.8 Å². The molecule has 1 spiro atoms. The minimum atomic E-state index is -3.82. The number of amides is 1. The number of carbonyl (C=O) groups is 2. The zero-order valence-electron chi connectivity index (χ0n) is 19.4. The lowest BCUT2D eigenvalue weighted by Gasteiger charge is -2.39. The van der Waals surface area contributed by atoms with E-state index in [2.05, 4.69) is 13.8 Å². The Labute approximate surface area is 190 Å². The van der Waals surface area contributed by atoms with Crippen LogP contribution < -0.4 is 0 Å². The van der Waals surface area contributed by atoms with Gasteiger partial charge in [0.05, 0.1) is 17.9 Å². The van der Waals surface area contributed by atoms with Gasteiger partial charge in [-0.25, -0.2) is 12.7 Å². The minimum absolute atomic E-state index is 0.0245. The van der Waals surface area contributed by atoms with Crippen molar-refractivity contribution in [3.8, 4) is 0 Å². The third-order valence-corrected chi connectivity index (χ3v) is 11.9. The Bertz CT molecular complexity index is 963. The Morgan fingerprint density at radius 3 is 2.53 bits per heavy atom. The number of ether oxygens (including phenoxy) is 2. The highest BCUT2D eigenvalue weighted by Gasteiger charge is 2.73. The molecule has 2 bridgehead atoms. The zero-order valence-corrected chi connectivity index (χ0v) is 20.2. The van der Waals surface area contributed by atoms with Gasteiger partial charge in [0, 0.05) is 11.8 Å². The Morgan fingerprint density at radius 1 is 1.22 bits per heavy atom. The molecule has 1 N–H and O–H groups in total. The number of fused-ring (bicyclic) bond motifs is 1. The number of esters is 1. The van der Waals surface area contributed by atoms with Crippen molar-refractivity contribution in [2.45, 2.75) is 109 Å². The Hall–Kier alpha value is -1.19. The lowest BCUT2D eigenvalue weighted by atomic mass is 9.69. The highest BCUT2D eigenvalue weighted by atomic mass is 32.2. The second kappa shape index (κ2) is 6.69. The molecule has 1 unspecified atom stereocenters. The summed E-state index contributed by atoms with van der Waals surface area (Å²) in [7, 11) is -3.82. The molecule has 180 valence electrons. The maximum Gasteiger partial charge on any atom is 0.306 e. The number of carbonyl (C=O) groups excluding carboxylic acids is 2. The molecule has 2 aliphatic carbocycles. The molecule has 0 aromatic rings. The summed E-state index contributed by atoms with van der Waals surface area (Å²) in [6.45, 7) is 7.93. The monoisotopic (exact) mass is 469 g/mol. The van der Waals surface area contributed by atoms with Crippen molar-refractivity contribution in [1.29, 1.82) is 0 Å². The fourth-order valence-electron chi connectivity index (χ4n) is 7.72. The molecule has 5 aliphatic rings. The largest absolute Gasteiger partial charge is 0.457 e. The van der Waals surface area contributed by atoms with E-state index in [4.69, 9.17) is 9.47 Å². The summed E-state index contributed by atoms with van der Waals surface area (Å²) in [6, 6.07) is -0.386. The van der Waals surface area contributed by atoms with E-state index in [9.17, 15) is 23.1 Å². The maximum absolute atomic E-state index is 13.6. The van der Waals surface area contributed by atoms with Crippen LogP contribution in [0.4, 0.5) is 0 Å². The molecule has 3 saturated heterocycles. The van der Waals surface area contributed by atoms with Gasteiger partial charge in [-0.15, -0.1) is 0 Å². The van der Waals surface area contributed by atoms with E-state index in [1.54, 1.807) is 0 Å². The Morgan fingerprint density at radius 2 is 1.94 bits per heavy atom. The van der Waals surface area contributed by atoms with Gasteiger partial charge in [0.15, 0.2) is 6.10 Å². The molecule has 32 heavy (non-hydrogen) atoms. The summed E-state index contributed by atoms with van der Waals surface area (Å²) < 4.78 is 39.3. The molecule has 0 aromatic carbocycles. The second-order valence-electron chi connectivity index (χ2n) is 11.5. The molecular weight excluding hydrogens is 434 g/mol. The molecule has 0 aromatic heterocycles. The molecule has 1 amide bonds. The fraction of sp³-hybridized carbons (Fsp3) is 0.913. The van der Waals surface area contributed by atoms with E-state index < -0.39 is 44.8 Å². The van der Waals surface area contributed by atoms with E-state index in [1.165, 1.54) is 0 Å². The lowest BCUT2D eigenvalue weighted by molar-refractivity contribution is -0.187. The summed E-state index contributed by atoms with van der Waals surface area (Å²) in [5, 5.41) is 11.3. The molecular formula is C23H35NO7S. The van der Waals surface area contributed by atoms with Crippen molar-refractivity contribution in [1.82, 2.24) is 4.31 Å². The summed E-state index contributed by atoms with van der Waals surface area (Å²) in [5.41, 5.74) is -2.55. The zero-order chi connectivity index (χ0) is 23.3. The normalized spacial score (nSPS) is 47.0. The first-order valence-corrected chi connectivity index (χ1v) is 13.6. The number of hydrogen-bond donors (Lipinski definition) is 1. The van der Waals surface area contributed by atoms with Crippen molar-refractivity contribution in [3.05, 3.63) is 0 Å². The van der Waals surface area contributed by atoms with Gasteiger partial charge in [0.25, 0.3) is 5.91 Å².